The summed E-state index contributed by atoms with van der Waals surface area (Å²) in [4.78, 5) is 37.7. The first-order valence-corrected chi connectivity index (χ1v) is 29.6. The van der Waals surface area contributed by atoms with Crippen molar-refractivity contribution in [1.82, 2.24) is 0 Å². The van der Waals surface area contributed by atoms with Gasteiger partial charge in [0.1, 0.15) is 13.2 Å². The Bertz CT molecular complexity index is 1190. The van der Waals surface area contributed by atoms with Crippen LogP contribution in [0.1, 0.15) is 310 Å². The number of rotatable bonds is 54. The fourth-order valence-electron chi connectivity index (χ4n) is 8.56. The molecule has 0 aliphatic carbocycles. The molecule has 1 atom stereocenters. The highest BCUT2D eigenvalue weighted by Crippen LogP contribution is 2.16. The second-order valence-corrected chi connectivity index (χ2v) is 19.9. The van der Waals surface area contributed by atoms with E-state index in [0.29, 0.717) is 19.3 Å². The molecule has 0 aromatic carbocycles. The highest BCUT2D eigenvalue weighted by Gasteiger charge is 2.19. The third-order valence-corrected chi connectivity index (χ3v) is 13.1. The Morgan fingerprint density at radius 1 is 0.294 bits per heavy atom. The van der Waals surface area contributed by atoms with Crippen LogP contribution in [-0.2, 0) is 28.6 Å². The predicted octanol–water partition coefficient (Wildman–Crippen LogP) is 19.8. The minimum atomic E-state index is -0.770. The standard InChI is InChI=1S/C62H112O6/c1-4-7-10-13-15-17-19-21-22-23-24-25-26-27-28-29-30-31-32-33-34-35-36-37-38-39-40-41-43-44-46-49-52-55-61(64)67-58-59(57-66-60(63)54-51-48-12-9-6-3)68-62(65)56-53-50-47-45-42-20-18-16-14-11-8-5-2/h16,18-19,21,23-24,26-27,59H,4-15,17,20,22,25,28-58H2,1-3H3/b18-16-,21-19-,24-23-,27-26-. The van der Waals surface area contributed by atoms with E-state index in [9.17, 15) is 14.4 Å². The molecule has 0 aromatic heterocycles. The van der Waals surface area contributed by atoms with E-state index in [0.717, 1.165) is 83.5 Å². The summed E-state index contributed by atoms with van der Waals surface area (Å²) in [7, 11) is 0. The van der Waals surface area contributed by atoms with Crippen LogP contribution in [-0.4, -0.2) is 37.2 Å². The van der Waals surface area contributed by atoms with Gasteiger partial charge in [0, 0.05) is 19.3 Å². The van der Waals surface area contributed by atoms with Crippen LogP contribution in [0.2, 0.25) is 0 Å². The van der Waals surface area contributed by atoms with E-state index in [-0.39, 0.29) is 31.1 Å². The summed E-state index contributed by atoms with van der Waals surface area (Å²) in [5, 5.41) is 0. The van der Waals surface area contributed by atoms with Gasteiger partial charge in [0.15, 0.2) is 6.10 Å². The van der Waals surface area contributed by atoms with E-state index in [1.54, 1.807) is 0 Å². The lowest BCUT2D eigenvalue weighted by Crippen LogP contribution is -2.30. The van der Waals surface area contributed by atoms with E-state index < -0.39 is 6.10 Å². The third kappa shape index (κ3) is 54.3. The summed E-state index contributed by atoms with van der Waals surface area (Å²) in [5.74, 6) is -0.887. The quantitative estimate of drug-likeness (QED) is 0.0262. The number of hydrogen-bond donors (Lipinski definition) is 0. The second kappa shape index (κ2) is 57.0. The lowest BCUT2D eigenvalue weighted by atomic mass is 10.0. The second-order valence-electron chi connectivity index (χ2n) is 19.9. The molecule has 0 aliphatic rings. The van der Waals surface area contributed by atoms with E-state index in [2.05, 4.69) is 69.4 Å². The van der Waals surface area contributed by atoms with Gasteiger partial charge in [-0.1, -0.05) is 256 Å². The van der Waals surface area contributed by atoms with Gasteiger partial charge < -0.3 is 14.2 Å². The maximum Gasteiger partial charge on any atom is 0.306 e. The molecule has 6 nitrogen and oxygen atoms in total. The zero-order valence-electron chi connectivity index (χ0n) is 45.4. The number of unbranched alkanes of at least 4 members (excludes halogenated alkanes) is 35. The molecule has 0 spiro atoms. The van der Waals surface area contributed by atoms with E-state index >= 15 is 0 Å². The first-order valence-electron chi connectivity index (χ1n) is 29.6. The minimum Gasteiger partial charge on any atom is -0.462 e. The van der Waals surface area contributed by atoms with Gasteiger partial charge in [-0.25, -0.2) is 0 Å². The highest BCUT2D eigenvalue weighted by molar-refractivity contribution is 5.71. The summed E-state index contributed by atoms with van der Waals surface area (Å²) in [5.41, 5.74) is 0. The van der Waals surface area contributed by atoms with Crippen molar-refractivity contribution in [2.75, 3.05) is 13.2 Å². The number of carbonyl (C=O) groups excluding carboxylic acids is 3. The Morgan fingerprint density at radius 2 is 0.529 bits per heavy atom. The van der Waals surface area contributed by atoms with Crippen LogP contribution in [0.25, 0.3) is 0 Å². The van der Waals surface area contributed by atoms with Gasteiger partial charge in [-0.15, -0.1) is 0 Å². The first kappa shape index (κ1) is 65.4. The van der Waals surface area contributed by atoms with Gasteiger partial charge in [-0.3, -0.25) is 14.4 Å². The Labute approximate surface area is 422 Å². The van der Waals surface area contributed by atoms with Crippen LogP contribution in [0.15, 0.2) is 48.6 Å². The molecule has 0 heterocycles. The van der Waals surface area contributed by atoms with E-state index in [1.807, 2.05) is 0 Å². The lowest BCUT2D eigenvalue weighted by Gasteiger charge is -2.18. The average Bonchev–Trinajstić information content (AvgIpc) is 3.34. The Kier molecular flexibility index (Phi) is 54.8. The molecule has 0 aliphatic heterocycles. The summed E-state index contributed by atoms with van der Waals surface area (Å²) >= 11 is 0. The zero-order valence-corrected chi connectivity index (χ0v) is 45.4. The predicted molar refractivity (Wildman–Crippen MR) is 293 cm³/mol. The normalized spacial score (nSPS) is 12.3. The van der Waals surface area contributed by atoms with Crippen LogP contribution < -0.4 is 0 Å². The van der Waals surface area contributed by atoms with Crippen molar-refractivity contribution in [2.45, 2.75) is 316 Å². The number of ether oxygens (including phenoxy) is 3. The molecule has 0 N–H and O–H groups in total. The van der Waals surface area contributed by atoms with Crippen molar-refractivity contribution in [1.29, 1.82) is 0 Å². The molecule has 0 radical (unpaired) electrons. The average molecular weight is 954 g/mol. The van der Waals surface area contributed by atoms with Crippen molar-refractivity contribution in [3.05, 3.63) is 48.6 Å². The summed E-state index contributed by atoms with van der Waals surface area (Å²) in [6.45, 7) is 6.53. The molecule has 0 bridgehead atoms. The molecular weight excluding hydrogens is 841 g/mol. The van der Waals surface area contributed by atoms with Gasteiger partial charge in [0.25, 0.3) is 0 Å². The van der Waals surface area contributed by atoms with Crippen molar-refractivity contribution in [3.63, 3.8) is 0 Å². The molecule has 68 heavy (non-hydrogen) atoms. The molecule has 0 aromatic rings. The van der Waals surface area contributed by atoms with Crippen LogP contribution in [0, 0.1) is 0 Å². The summed E-state index contributed by atoms with van der Waals surface area (Å²) in [6.07, 6.45) is 70.3. The Hall–Kier alpha value is -2.63. The smallest absolute Gasteiger partial charge is 0.306 e. The maximum atomic E-state index is 12.7. The number of esters is 3. The lowest BCUT2D eigenvalue weighted by molar-refractivity contribution is -0.167. The Morgan fingerprint density at radius 3 is 0.868 bits per heavy atom. The van der Waals surface area contributed by atoms with Crippen LogP contribution >= 0.6 is 0 Å². The maximum absolute atomic E-state index is 12.7. The molecule has 396 valence electrons. The fraction of sp³-hybridized carbons (Fsp3) is 0.823. The number of carbonyl (C=O) groups is 3. The molecular formula is C62H112O6. The highest BCUT2D eigenvalue weighted by atomic mass is 16.6. The zero-order chi connectivity index (χ0) is 49.3. The molecule has 0 saturated carbocycles. The van der Waals surface area contributed by atoms with Gasteiger partial charge in [-0.05, 0) is 83.5 Å². The summed E-state index contributed by atoms with van der Waals surface area (Å²) in [6, 6.07) is 0. The van der Waals surface area contributed by atoms with Crippen molar-refractivity contribution in [2.24, 2.45) is 0 Å². The topological polar surface area (TPSA) is 78.9 Å². The molecule has 0 amide bonds. The third-order valence-electron chi connectivity index (χ3n) is 13.1. The molecule has 0 fully saturated rings. The SMILES string of the molecule is CCCCC/C=C\CCCCCCCC(=O)OC(COC(=O)CCCCCCC)COC(=O)CCCCCCCCCCCCCCCCCCCC/C=C\C/C=C\C/C=C\CCCCCCC. The van der Waals surface area contributed by atoms with Gasteiger partial charge in [-0.2, -0.15) is 0 Å². The van der Waals surface area contributed by atoms with Crippen molar-refractivity contribution < 1.29 is 28.6 Å². The van der Waals surface area contributed by atoms with Crippen molar-refractivity contribution >= 4 is 17.9 Å². The van der Waals surface area contributed by atoms with E-state index in [1.165, 1.54) is 186 Å². The van der Waals surface area contributed by atoms with Gasteiger partial charge >= 0.3 is 17.9 Å². The largest absolute Gasteiger partial charge is 0.462 e. The molecule has 1 unspecified atom stereocenters. The minimum absolute atomic E-state index is 0.0735. The van der Waals surface area contributed by atoms with E-state index in [4.69, 9.17) is 14.2 Å². The number of hydrogen-bond acceptors (Lipinski definition) is 6. The van der Waals surface area contributed by atoms with Gasteiger partial charge in [0.05, 0.1) is 0 Å². The molecule has 0 saturated heterocycles. The number of allylic oxidation sites excluding steroid dienone is 8. The van der Waals surface area contributed by atoms with Crippen LogP contribution in [0.4, 0.5) is 0 Å². The molecule has 6 heteroatoms. The molecule has 0 rings (SSSR count). The van der Waals surface area contributed by atoms with Crippen LogP contribution in [0.5, 0.6) is 0 Å². The van der Waals surface area contributed by atoms with Crippen molar-refractivity contribution in [3.8, 4) is 0 Å². The fourth-order valence-corrected chi connectivity index (χ4v) is 8.56. The monoisotopic (exact) mass is 953 g/mol. The van der Waals surface area contributed by atoms with Crippen LogP contribution in [0.3, 0.4) is 0 Å². The first-order chi connectivity index (χ1) is 33.5. The Balaban J connectivity index is 3.88. The van der Waals surface area contributed by atoms with Gasteiger partial charge in [0.2, 0.25) is 0 Å². The summed E-state index contributed by atoms with van der Waals surface area (Å²) < 4.78 is 16.7.